The van der Waals surface area contributed by atoms with E-state index in [1.807, 2.05) is 0 Å². The topological polar surface area (TPSA) is 77.2 Å². The molecule has 0 radical (unpaired) electrons. The fourth-order valence-electron chi connectivity index (χ4n) is 2.91. The van der Waals surface area contributed by atoms with Gasteiger partial charge in [-0.05, 0) is 18.9 Å². The molecule has 102 valence electrons. The Balaban J connectivity index is 1.69. The zero-order valence-corrected chi connectivity index (χ0v) is 10.4. The Morgan fingerprint density at radius 2 is 2.42 bits per heavy atom. The van der Waals surface area contributed by atoms with Crippen LogP contribution in [-0.2, 0) is 4.74 Å². The summed E-state index contributed by atoms with van der Waals surface area (Å²) in [7, 11) is 0. The van der Waals surface area contributed by atoms with E-state index < -0.39 is 11.7 Å². The van der Waals surface area contributed by atoms with Crippen molar-refractivity contribution in [1.82, 2.24) is 10.3 Å². The molecular weight excluding hydrogens is 249 g/mol. The average Bonchev–Trinajstić information content (AvgIpc) is 2.44. The lowest BCUT2D eigenvalue weighted by Crippen LogP contribution is -2.72. The number of ether oxygens (including phenoxy) is 1. The minimum atomic E-state index is -0.631. The van der Waals surface area contributed by atoms with E-state index in [4.69, 9.17) is 10.5 Å². The Kier molecular flexibility index (Phi) is 3.20. The molecule has 2 aliphatic rings. The van der Waals surface area contributed by atoms with Gasteiger partial charge in [-0.2, -0.15) is 0 Å². The van der Waals surface area contributed by atoms with E-state index in [0.29, 0.717) is 12.5 Å². The van der Waals surface area contributed by atoms with Crippen molar-refractivity contribution in [3.05, 3.63) is 29.8 Å². The van der Waals surface area contributed by atoms with Crippen molar-refractivity contribution < 1.29 is 13.9 Å². The van der Waals surface area contributed by atoms with E-state index in [-0.39, 0.29) is 23.8 Å². The standard InChI is InChI=1S/C13H16FN3O2/c14-9-6-16-4-3-7(9)13(18)17-11-10(15)8-2-1-5-19-12(8)11/h3-4,6,8,10-12H,1-2,5,15H2,(H,17,18). The zero-order chi connectivity index (χ0) is 13.4. The van der Waals surface area contributed by atoms with Gasteiger partial charge in [-0.15, -0.1) is 0 Å². The molecule has 0 aromatic carbocycles. The van der Waals surface area contributed by atoms with Crippen LogP contribution >= 0.6 is 0 Å². The highest BCUT2D eigenvalue weighted by atomic mass is 19.1. The fraction of sp³-hybridized carbons (Fsp3) is 0.538. The number of hydrogen-bond acceptors (Lipinski definition) is 4. The second kappa shape index (κ2) is 4.86. The third-order valence-corrected chi connectivity index (χ3v) is 3.99. The van der Waals surface area contributed by atoms with Crippen LogP contribution in [0, 0.1) is 11.7 Å². The summed E-state index contributed by atoms with van der Waals surface area (Å²) in [5.74, 6) is -0.789. The number of carbonyl (C=O) groups is 1. The quantitative estimate of drug-likeness (QED) is 0.814. The number of pyridine rings is 1. The van der Waals surface area contributed by atoms with E-state index in [2.05, 4.69) is 10.3 Å². The lowest BCUT2D eigenvalue weighted by atomic mass is 9.68. The van der Waals surface area contributed by atoms with Gasteiger partial charge < -0.3 is 15.8 Å². The number of aromatic nitrogens is 1. The van der Waals surface area contributed by atoms with Crippen molar-refractivity contribution in [3.63, 3.8) is 0 Å². The molecule has 1 saturated heterocycles. The van der Waals surface area contributed by atoms with Gasteiger partial charge in [0.15, 0.2) is 5.82 Å². The predicted molar refractivity (Wildman–Crippen MR) is 65.9 cm³/mol. The molecule has 4 unspecified atom stereocenters. The highest BCUT2D eigenvalue weighted by molar-refractivity contribution is 5.94. The number of hydrogen-bond donors (Lipinski definition) is 2. The van der Waals surface area contributed by atoms with Crippen molar-refractivity contribution in [2.24, 2.45) is 11.7 Å². The molecular formula is C13H16FN3O2. The second-order valence-corrected chi connectivity index (χ2v) is 5.07. The van der Waals surface area contributed by atoms with Gasteiger partial charge in [-0.25, -0.2) is 4.39 Å². The number of halogens is 1. The lowest BCUT2D eigenvalue weighted by Gasteiger charge is -2.52. The molecule has 1 aliphatic heterocycles. The maximum absolute atomic E-state index is 13.5. The van der Waals surface area contributed by atoms with Crippen molar-refractivity contribution >= 4 is 5.91 Å². The van der Waals surface area contributed by atoms with Crippen LogP contribution in [0.1, 0.15) is 23.2 Å². The van der Waals surface area contributed by atoms with Crippen molar-refractivity contribution in [1.29, 1.82) is 0 Å². The lowest BCUT2D eigenvalue weighted by molar-refractivity contribution is -0.117. The molecule has 2 fully saturated rings. The minimum absolute atomic E-state index is 0.0125. The zero-order valence-electron chi connectivity index (χ0n) is 10.4. The highest BCUT2D eigenvalue weighted by Gasteiger charge is 2.51. The number of nitrogens with two attached hydrogens (primary N) is 1. The summed E-state index contributed by atoms with van der Waals surface area (Å²) < 4.78 is 19.1. The van der Waals surface area contributed by atoms with Crippen LogP contribution in [0.15, 0.2) is 18.5 Å². The molecule has 1 saturated carbocycles. The monoisotopic (exact) mass is 265 g/mol. The van der Waals surface area contributed by atoms with Gasteiger partial charge in [0, 0.05) is 24.8 Å². The molecule has 4 atom stereocenters. The minimum Gasteiger partial charge on any atom is -0.376 e. The molecule has 1 aromatic rings. The van der Waals surface area contributed by atoms with Gasteiger partial charge in [0.2, 0.25) is 0 Å². The van der Waals surface area contributed by atoms with Crippen LogP contribution in [-0.4, -0.2) is 35.7 Å². The van der Waals surface area contributed by atoms with Crippen LogP contribution in [0.2, 0.25) is 0 Å². The molecule has 0 spiro atoms. The van der Waals surface area contributed by atoms with Crippen LogP contribution in [0.5, 0.6) is 0 Å². The predicted octanol–water partition coefficient (Wildman–Crippen LogP) is 0.455. The molecule has 1 aromatic heterocycles. The number of rotatable bonds is 2. The summed E-state index contributed by atoms with van der Waals surface area (Å²) in [4.78, 5) is 15.6. The van der Waals surface area contributed by atoms with Gasteiger partial charge in [-0.1, -0.05) is 0 Å². The first-order valence-corrected chi connectivity index (χ1v) is 6.46. The van der Waals surface area contributed by atoms with Crippen molar-refractivity contribution in [2.75, 3.05) is 6.61 Å². The molecule has 6 heteroatoms. The smallest absolute Gasteiger partial charge is 0.254 e. The van der Waals surface area contributed by atoms with Gasteiger partial charge >= 0.3 is 0 Å². The van der Waals surface area contributed by atoms with E-state index in [0.717, 1.165) is 19.0 Å². The summed E-state index contributed by atoms with van der Waals surface area (Å²) in [6, 6.07) is 1.01. The van der Waals surface area contributed by atoms with Crippen LogP contribution < -0.4 is 11.1 Å². The van der Waals surface area contributed by atoms with Gasteiger partial charge in [0.05, 0.1) is 23.9 Å². The highest BCUT2D eigenvalue weighted by Crippen LogP contribution is 2.37. The van der Waals surface area contributed by atoms with Crippen LogP contribution in [0.4, 0.5) is 4.39 Å². The van der Waals surface area contributed by atoms with Crippen molar-refractivity contribution in [2.45, 2.75) is 31.0 Å². The van der Waals surface area contributed by atoms with E-state index in [1.54, 1.807) is 0 Å². The number of nitrogens with zero attached hydrogens (tertiary/aromatic N) is 1. The summed E-state index contributed by atoms with van der Waals surface area (Å²) in [5.41, 5.74) is 6.03. The largest absolute Gasteiger partial charge is 0.376 e. The summed E-state index contributed by atoms with van der Waals surface area (Å²) in [6.07, 6.45) is 4.42. The first kappa shape index (κ1) is 12.5. The molecule has 0 bridgehead atoms. The van der Waals surface area contributed by atoms with Crippen LogP contribution in [0.25, 0.3) is 0 Å². The summed E-state index contributed by atoms with van der Waals surface area (Å²) in [6.45, 7) is 0.698. The summed E-state index contributed by atoms with van der Waals surface area (Å²) >= 11 is 0. The normalized spacial score (nSPS) is 33.2. The maximum atomic E-state index is 13.5. The number of fused-ring (bicyclic) bond motifs is 1. The molecule has 3 N–H and O–H groups in total. The summed E-state index contributed by atoms with van der Waals surface area (Å²) in [5, 5.41) is 2.77. The number of nitrogens with one attached hydrogen (secondary N) is 1. The molecule has 19 heavy (non-hydrogen) atoms. The molecule has 2 heterocycles. The first-order valence-electron chi connectivity index (χ1n) is 6.46. The Bertz CT molecular complexity index is 497. The Hall–Kier alpha value is -1.53. The molecule has 1 aliphatic carbocycles. The van der Waals surface area contributed by atoms with E-state index in [9.17, 15) is 9.18 Å². The maximum Gasteiger partial charge on any atom is 0.254 e. The molecule has 3 rings (SSSR count). The van der Waals surface area contributed by atoms with Gasteiger partial charge in [-0.3, -0.25) is 9.78 Å². The Labute approximate surface area is 110 Å². The molecule has 1 amide bonds. The number of carbonyl (C=O) groups excluding carboxylic acids is 1. The number of amides is 1. The fourth-order valence-corrected chi connectivity index (χ4v) is 2.91. The SMILES string of the molecule is NC1C2CCCOC2C1NC(=O)c1ccncc1F. The van der Waals surface area contributed by atoms with Gasteiger partial charge in [0.25, 0.3) is 5.91 Å². The van der Waals surface area contributed by atoms with Gasteiger partial charge in [0.1, 0.15) is 0 Å². The average molecular weight is 265 g/mol. The Morgan fingerprint density at radius 1 is 1.58 bits per heavy atom. The van der Waals surface area contributed by atoms with E-state index in [1.165, 1.54) is 12.3 Å². The second-order valence-electron chi connectivity index (χ2n) is 5.07. The van der Waals surface area contributed by atoms with Crippen molar-refractivity contribution in [3.8, 4) is 0 Å². The van der Waals surface area contributed by atoms with E-state index >= 15 is 0 Å². The third kappa shape index (κ3) is 2.11. The van der Waals surface area contributed by atoms with Crippen LogP contribution in [0.3, 0.4) is 0 Å². The first-order chi connectivity index (χ1) is 9.18. The third-order valence-electron chi connectivity index (χ3n) is 3.99. The molecule has 5 nitrogen and oxygen atoms in total. The Morgan fingerprint density at radius 3 is 3.21 bits per heavy atom.